The molecule has 0 aliphatic carbocycles. The second-order valence-corrected chi connectivity index (χ2v) is 3.14. The Hall–Kier alpha value is -0.720. The number of carbonyl (C=O) groups is 1. The normalized spacial score (nSPS) is 9.58. The Balaban J connectivity index is 3.05. The van der Waals surface area contributed by atoms with Crippen LogP contribution in [0.15, 0.2) is 6.20 Å². The van der Waals surface area contributed by atoms with Gasteiger partial charge in [0.1, 0.15) is 3.70 Å². The fourth-order valence-corrected chi connectivity index (χ4v) is 0.930. The summed E-state index contributed by atoms with van der Waals surface area (Å²) in [5.41, 5.74) is 0.980. The molecule has 0 unspecified atom stereocenters. The standard InChI is InChI=1S/C7H7IN2O2/c1-4-6(8)9-3-5(10-4)7(11)12-2/h3H,1-2H3. The number of ether oxygens (including phenoxy) is 1. The average Bonchev–Trinajstić information content (AvgIpc) is 2.08. The third-order valence-corrected chi connectivity index (χ3v) is 2.34. The largest absolute Gasteiger partial charge is 0.464 e. The van der Waals surface area contributed by atoms with E-state index in [0.717, 1.165) is 9.39 Å². The number of methoxy groups -OCH3 is 1. The first-order valence-corrected chi connectivity index (χ1v) is 4.30. The van der Waals surface area contributed by atoms with Gasteiger partial charge in [-0.1, -0.05) is 0 Å². The molecular weight excluding hydrogens is 271 g/mol. The number of hydrogen-bond donors (Lipinski definition) is 0. The molecule has 0 fully saturated rings. The van der Waals surface area contributed by atoms with E-state index in [-0.39, 0.29) is 5.69 Å². The van der Waals surface area contributed by atoms with E-state index in [1.165, 1.54) is 13.3 Å². The van der Waals surface area contributed by atoms with Crippen LogP contribution in [0.25, 0.3) is 0 Å². The number of carbonyl (C=O) groups excluding carboxylic acids is 1. The highest BCUT2D eigenvalue weighted by atomic mass is 127. The van der Waals surface area contributed by atoms with E-state index >= 15 is 0 Å². The Kier molecular flexibility index (Phi) is 2.96. The van der Waals surface area contributed by atoms with E-state index < -0.39 is 5.97 Å². The van der Waals surface area contributed by atoms with Gasteiger partial charge in [-0.3, -0.25) is 0 Å². The molecule has 0 saturated carbocycles. The van der Waals surface area contributed by atoms with Crippen LogP contribution < -0.4 is 0 Å². The molecule has 0 radical (unpaired) electrons. The smallest absolute Gasteiger partial charge is 0.358 e. The van der Waals surface area contributed by atoms with Gasteiger partial charge in [0.2, 0.25) is 0 Å². The molecular formula is C7H7IN2O2. The molecule has 0 atom stereocenters. The van der Waals surface area contributed by atoms with Gasteiger partial charge >= 0.3 is 5.97 Å². The van der Waals surface area contributed by atoms with Crippen LogP contribution >= 0.6 is 22.6 Å². The summed E-state index contributed by atoms with van der Waals surface area (Å²) in [4.78, 5) is 18.9. The van der Waals surface area contributed by atoms with Gasteiger partial charge in [-0.15, -0.1) is 0 Å². The van der Waals surface area contributed by atoms with Crippen molar-refractivity contribution < 1.29 is 9.53 Å². The summed E-state index contributed by atoms with van der Waals surface area (Å²) in [5.74, 6) is -0.456. The summed E-state index contributed by atoms with van der Waals surface area (Å²) in [5, 5.41) is 0. The Morgan fingerprint density at radius 1 is 1.67 bits per heavy atom. The van der Waals surface area contributed by atoms with Crippen molar-refractivity contribution in [3.8, 4) is 0 Å². The maximum absolute atomic E-state index is 10.9. The van der Waals surface area contributed by atoms with Crippen LogP contribution in [0.2, 0.25) is 0 Å². The number of rotatable bonds is 1. The van der Waals surface area contributed by atoms with Gasteiger partial charge in [-0.2, -0.15) is 0 Å². The average molecular weight is 278 g/mol. The zero-order chi connectivity index (χ0) is 9.14. The second kappa shape index (κ2) is 3.79. The monoisotopic (exact) mass is 278 g/mol. The van der Waals surface area contributed by atoms with Crippen LogP contribution in [0, 0.1) is 10.6 Å². The molecule has 5 heteroatoms. The Labute approximate surface area is 83.5 Å². The lowest BCUT2D eigenvalue weighted by atomic mass is 10.4. The quantitative estimate of drug-likeness (QED) is 0.571. The molecule has 12 heavy (non-hydrogen) atoms. The topological polar surface area (TPSA) is 52.1 Å². The summed E-state index contributed by atoms with van der Waals surface area (Å²) in [6, 6.07) is 0. The molecule has 64 valence electrons. The summed E-state index contributed by atoms with van der Waals surface area (Å²) < 4.78 is 5.28. The molecule has 1 aromatic heterocycles. The molecule has 0 N–H and O–H groups in total. The van der Waals surface area contributed by atoms with Crippen LogP contribution in [0.5, 0.6) is 0 Å². The molecule has 0 aromatic carbocycles. The molecule has 0 aliphatic heterocycles. The first kappa shape index (κ1) is 9.37. The first-order valence-electron chi connectivity index (χ1n) is 3.22. The molecule has 0 spiro atoms. The van der Waals surface area contributed by atoms with Crippen molar-refractivity contribution >= 4 is 28.6 Å². The van der Waals surface area contributed by atoms with Crippen LogP contribution in [-0.2, 0) is 4.74 Å². The maximum atomic E-state index is 10.9. The van der Waals surface area contributed by atoms with Gasteiger partial charge in [-0.05, 0) is 29.5 Å². The van der Waals surface area contributed by atoms with Gasteiger partial charge in [-0.25, -0.2) is 14.8 Å². The fraction of sp³-hybridized carbons (Fsp3) is 0.286. The summed E-state index contributed by atoms with van der Waals surface area (Å²) in [7, 11) is 1.32. The SMILES string of the molecule is COC(=O)c1cnc(I)c(C)n1. The first-order chi connectivity index (χ1) is 5.65. The van der Waals surface area contributed by atoms with E-state index in [1.807, 2.05) is 0 Å². The summed E-state index contributed by atoms with van der Waals surface area (Å²) >= 11 is 2.05. The minimum absolute atomic E-state index is 0.246. The number of aryl methyl sites for hydroxylation is 1. The van der Waals surface area contributed by atoms with Crippen molar-refractivity contribution in [3.05, 3.63) is 21.3 Å². The number of aromatic nitrogens is 2. The molecule has 0 bridgehead atoms. The van der Waals surface area contributed by atoms with Crippen molar-refractivity contribution in [2.45, 2.75) is 6.92 Å². The Morgan fingerprint density at radius 2 is 2.33 bits per heavy atom. The number of nitrogens with zero attached hydrogens (tertiary/aromatic N) is 2. The van der Waals surface area contributed by atoms with E-state index in [2.05, 4.69) is 37.3 Å². The van der Waals surface area contributed by atoms with Gasteiger partial charge in [0, 0.05) is 0 Å². The van der Waals surface area contributed by atoms with Crippen molar-refractivity contribution in [2.75, 3.05) is 7.11 Å². The van der Waals surface area contributed by atoms with Crippen LogP contribution in [0.3, 0.4) is 0 Å². The molecule has 0 aliphatic rings. The zero-order valence-electron chi connectivity index (χ0n) is 6.67. The predicted molar refractivity (Wildman–Crippen MR) is 50.8 cm³/mol. The van der Waals surface area contributed by atoms with E-state index in [9.17, 15) is 4.79 Å². The van der Waals surface area contributed by atoms with Crippen LogP contribution in [0.1, 0.15) is 16.2 Å². The maximum Gasteiger partial charge on any atom is 0.358 e. The van der Waals surface area contributed by atoms with Crippen molar-refractivity contribution in [1.29, 1.82) is 0 Å². The van der Waals surface area contributed by atoms with E-state index in [1.54, 1.807) is 6.92 Å². The highest BCUT2D eigenvalue weighted by Gasteiger charge is 2.08. The molecule has 1 heterocycles. The minimum atomic E-state index is -0.456. The van der Waals surface area contributed by atoms with Crippen molar-refractivity contribution in [1.82, 2.24) is 9.97 Å². The lowest BCUT2D eigenvalue weighted by Crippen LogP contribution is -2.07. The second-order valence-electron chi connectivity index (χ2n) is 2.12. The summed E-state index contributed by atoms with van der Waals surface area (Å²) in [6.45, 7) is 1.79. The zero-order valence-corrected chi connectivity index (χ0v) is 8.82. The van der Waals surface area contributed by atoms with Gasteiger partial charge in [0.15, 0.2) is 5.69 Å². The fourth-order valence-electron chi connectivity index (χ4n) is 0.670. The third kappa shape index (κ3) is 1.90. The lowest BCUT2D eigenvalue weighted by molar-refractivity contribution is 0.0593. The van der Waals surface area contributed by atoms with Crippen molar-refractivity contribution in [2.24, 2.45) is 0 Å². The van der Waals surface area contributed by atoms with Crippen LogP contribution in [-0.4, -0.2) is 23.0 Å². The molecule has 4 nitrogen and oxygen atoms in total. The molecule has 0 amide bonds. The van der Waals surface area contributed by atoms with Crippen LogP contribution in [0.4, 0.5) is 0 Å². The highest BCUT2D eigenvalue weighted by molar-refractivity contribution is 14.1. The van der Waals surface area contributed by atoms with Gasteiger partial charge in [0.05, 0.1) is 19.0 Å². The van der Waals surface area contributed by atoms with E-state index in [0.29, 0.717) is 0 Å². The molecule has 1 rings (SSSR count). The Morgan fingerprint density at radius 3 is 2.83 bits per heavy atom. The predicted octanol–water partition coefficient (Wildman–Crippen LogP) is 1.18. The van der Waals surface area contributed by atoms with Gasteiger partial charge < -0.3 is 4.74 Å². The highest BCUT2D eigenvalue weighted by Crippen LogP contribution is 2.05. The van der Waals surface area contributed by atoms with Crippen molar-refractivity contribution in [3.63, 3.8) is 0 Å². The molecule has 0 saturated heterocycles. The van der Waals surface area contributed by atoms with Gasteiger partial charge in [0.25, 0.3) is 0 Å². The molecule has 1 aromatic rings. The minimum Gasteiger partial charge on any atom is -0.464 e. The summed E-state index contributed by atoms with van der Waals surface area (Å²) in [6.07, 6.45) is 1.40. The van der Waals surface area contributed by atoms with E-state index in [4.69, 9.17) is 0 Å². The third-order valence-electron chi connectivity index (χ3n) is 1.28. The number of esters is 1. The lowest BCUT2D eigenvalue weighted by Gasteiger charge is -1.99. The Bertz CT molecular complexity index is 314. The number of halogens is 1. The number of hydrogen-bond acceptors (Lipinski definition) is 4.